The molecule has 0 radical (unpaired) electrons. The molecule has 2 aromatic carbocycles. The number of pyridine rings is 1. The molecule has 0 bridgehead atoms. The quantitative estimate of drug-likeness (QED) is 0.353. The highest BCUT2D eigenvalue weighted by Crippen LogP contribution is 2.50. The van der Waals surface area contributed by atoms with Gasteiger partial charge in [0.1, 0.15) is 22.9 Å². The number of carbonyl (C=O) groups is 1. The number of ether oxygens (including phenoxy) is 1. The number of piperidine rings is 1. The Hall–Kier alpha value is -4.24. The van der Waals surface area contributed by atoms with Crippen molar-refractivity contribution in [3.8, 4) is 17.0 Å². The largest absolute Gasteiger partial charge is 0.496 e. The Labute approximate surface area is 218 Å². The van der Waals surface area contributed by atoms with E-state index < -0.39 is 0 Å². The molecule has 2 fully saturated rings. The molecule has 2 unspecified atom stereocenters. The Morgan fingerprint density at radius 3 is 3.08 bits per heavy atom. The standard InChI is InChI=1S/C29H27FN6O2/c1-38-25-4-2-3-23(30)22(25)16-35-11-9-20-14-29(20,17-35)32-28(37)18-5-7-24-21(13-18)27(34-33-24)19-6-8-26-31-10-12-36(26)15-19/h2-8,10,12-13,15,20H,9,11,14,16-17H2,1H3,(H,32,37)(H,33,34). The summed E-state index contributed by atoms with van der Waals surface area (Å²) in [5.74, 6) is 0.631. The highest BCUT2D eigenvalue weighted by atomic mass is 19.1. The van der Waals surface area contributed by atoms with Gasteiger partial charge in [-0.2, -0.15) is 5.10 Å². The summed E-state index contributed by atoms with van der Waals surface area (Å²) in [6, 6.07) is 14.5. The van der Waals surface area contributed by atoms with Crippen molar-refractivity contribution in [2.24, 2.45) is 5.92 Å². The molecule has 1 amide bonds. The summed E-state index contributed by atoms with van der Waals surface area (Å²) >= 11 is 0. The molecule has 0 spiro atoms. The van der Waals surface area contributed by atoms with Gasteiger partial charge in [0.05, 0.1) is 18.2 Å². The fourth-order valence-corrected chi connectivity index (χ4v) is 5.94. The van der Waals surface area contributed by atoms with E-state index >= 15 is 0 Å². The van der Waals surface area contributed by atoms with Crippen LogP contribution in [0.5, 0.6) is 5.75 Å². The Morgan fingerprint density at radius 1 is 1.26 bits per heavy atom. The van der Waals surface area contributed by atoms with Crippen LogP contribution in [0.1, 0.15) is 28.8 Å². The van der Waals surface area contributed by atoms with Gasteiger partial charge in [0, 0.05) is 53.8 Å². The zero-order valence-corrected chi connectivity index (χ0v) is 20.9. The normalized spacial score (nSPS) is 20.9. The van der Waals surface area contributed by atoms with Crippen LogP contribution in [0.3, 0.4) is 0 Å². The van der Waals surface area contributed by atoms with Crippen LogP contribution in [0.15, 0.2) is 67.1 Å². The van der Waals surface area contributed by atoms with Crippen molar-refractivity contribution in [2.45, 2.75) is 24.9 Å². The number of halogens is 1. The Bertz CT molecular complexity index is 1690. The number of aromatic nitrogens is 4. The second-order valence-corrected chi connectivity index (χ2v) is 10.4. The molecular weight excluding hydrogens is 483 g/mol. The number of fused-ring (bicyclic) bond motifs is 3. The summed E-state index contributed by atoms with van der Waals surface area (Å²) in [4.78, 5) is 20.0. The Balaban J connectivity index is 1.12. The van der Waals surface area contributed by atoms with Gasteiger partial charge in [-0.15, -0.1) is 0 Å². The molecule has 8 nitrogen and oxygen atoms in total. The highest BCUT2D eigenvalue weighted by Gasteiger charge is 2.57. The molecule has 1 aliphatic carbocycles. The van der Waals surface area contributed by atoms with Crippen LogP contribution in [0.4, 0.5) is 4.39 Å². The number of benzene rings is 2. The maximum Gasteiger partial charge on any atom is 0.251 e. The van der Waals surface area contributed by atoms with Gasteiger partial charge in [-0.3, -0.25) is 14.8 Å². The second-order valence-electron chi connectivity index (χ2n) is 10.4. The number of nitrogens with one attached hydrogen (secondary N) is 2. The van der Waals surface area contributed by atoms with Crippen molar-refractivity contribution in [3.05, 3.63) is 84.1 Å². The summed E-state index contributed by atoms with van der Waals surface area (Å²) < 4.78 is 21.9. The minimum absolute atomic E-state index is 0.100. The number of H-pyrrole nitrogens is 1. The van der Waals surface area contributed by atoms with E-state index in [1.165, 1.54) is 6.07 Å². The van der Waals surface area contributed by atoms with E-state index in [9.17, 15) is 9.18 Å². The van der Waals surface area contributed by atoms with E-state index in [4.69, 9.17) is 4.74 Å². The molecule has 5 aromatic rings. The fraction of sp³-hybridized carbons (Fsp3) is 0.276. The van der Waals surface area contributed by atoms with Gasteiger partial charge in [0.2, 0.25) is 0 Å². The van der Waals surface area contributed by atoms with Crippen molar-refractivity contribution in [3.63, 3.8) is 0 Å². The monoisotopic (exact) mass is 510 g/mol. The number of carbonyl (C=O) groups excluding carboxylic acids is 1. The number of hydrogen-bond acceptors (Lipinski definition) is 5. The number of imidazole rings is 1. The van der Waals surface area contributed by atoms with Gasteiger partial charge in [0.25, 0.3) is 5.91 Å². The molecule has 192 valence electrons. The van der Waals surface area contributed by atoms with Gasteiger partial charge < -0.3 is 14.5 Å². The number of methoxy groups -OCH3 is 1. The van der Waals surface area contributed by atoms with Crippen LogP contribution in [-0.4, -0.2) is 56.1 Å². The molecule has 1 aliphatic heterocycles. The summed E-state index contributed by atoms with van der Waals surface area (Å²) in [6.45, 7) is 2.00. The maximum atomic E-state index is 14.6. The molecule has 9 heteroatoms. The number of nitrogens with zero attached hydrogens (tertiary/aromatic N) is 4. The third-order valence-electron chi connectivity index (χ3n) is 8.06. The smallest absolute Gasteiger partial charge is 0.251 e. The number of rotatable bonds is 6. The summed E-state index contributed by atoms with van der Waals surface area (Å²) in [5.41, 5.74) is 4.32. The molecule has 2 aliphatic rings. The zero-order valence-electron chi connectivity index (χ0n) is 20.9. The van der Waals surface area contributed by atoms with Gasteiger partial charge in [-0.05, 0) is 67.8 Å². The minimum atomic E-state index is -0.283. The van der Waals surface area contributed by atoms with Gasteiger partial charge >= 0.3 is 0 Å². The summed E-state index contributed by atoms with van der Waals surface area (Å²) in [6.07, 6.45) is 7.55. The van der Waals surface area contributed by atoms with E-state index in [0.29, 0.717) is 35.9 Å². The van der Waals surface area contributed by atoms with Crippen molar-refractivity contribution < 1.29 is 13.9 Å². The number of amides is 1. The van der Waals surface area contributed by atoms with Crippen LogP contribution in [-0.2, 0) is 6.54 Å². The van der Waals surface area contributed by atoms with E-state index in [1.807, 2.05) is 47.1 Å². The Kier molecular flexibility index (Phi) is 5.23. The van der Waals surface area contributed by atoms with Crippen molar-refractivity contribution >= 4 is 22.5 Å². The second kappa shape index (κ2) is 8.66. The molecule has 38 heavy (non-hydrogen) atoms. The lowest BCUT2D eigenvalue weighted by molar-refractivity contribution is 0.0886. The van der Waals surface area contributed by atoms with Crippen LogP contribution >= 0.6 is 0 Å². The average molecular weight is 511 g/mol. The fourth-order valence-electron chi connectivity index (χ4n) is 5.94. The first-order chi connectivity index (χ1) is 18.5. The molecular formula is C29H27FN6O2. The molecule has 2 N–H and O–H groups in total. The number of hydrogen-bond donors (Lipinski definition) is 2. The zero-order chi connectivity index (χ0) is 25.9. The third-order valence-corrected chi connectivity index (χ3v) is 8.06. The van der Waals surface area contributed by atoms with E-state index in [0.717, 1.165) is 47.2 Å². The molecule has 1 saturated heterocycles. The first-order valence-corrected chi connectivity index (χ1v) is 12.8. The van der Waals surface area contributed by atoms with Crippen LogP contribution in [0.25, 0.3) is 27.8 Å². The summed E-state index contributed by atoms with van der Waals surface area (Å²) in [7, 11) is 1.56. The third kappa shape index (κ3) is 3.81. The predicted molar refractivity (Wildman–Crippen MR) is 141 cm³/mol. The molecule has 7 rings (SSSR count). The lowest BCUT2D eigenvalue weighted by Gasteiger charge is -2.33. The molecule has 4 heterocycles. The van der Waals surface area contributed by atoms with Crippen molar-refractivity contribution in [1.29, 1.82) is 0 Å². The topological polar surface area (TPSA) is 87.5 Å². The van der Waals surface area contributed by atoms with E-state index in [1.54, 1.807) is 25.4 Å². The number of likely N-dealkylation sites (tertiary alicyclic amines) is 1. The maximum absolute atomic E-state index is 14.6. The predicted octanol–water partition coefficient (Wildman–Crippen LogP) is 4.42. The first-order valence-electron chi connectivity index (χ1n) is 12.8. The average Bonchev–Trinajstić information content (AvgIpc) is 3.23. The minimum Gasteiger partial charge on any atom is -0.496 e. The first kappa shape index (κ1) is 22.9. The molecule has 3 aromatic heterocycles. The highest BCUT2D eigenvalue weighted by molar-refractivity contribution is 6.01. The SMILES string of the molecule is COc1cccc(F)c1CN1CCC2CC2(NC(=O)c2ccc3[nH]nc(-c4ccc5nccn5c4)c3c2)C1. The molecule has 1 saturated carbocycles. The Morgan fingerprint density at radius 2 is 2.18 bits per heavy atom. The van der Waals surface area contributed by atoms with Crippen LogP contribution < -0.4 is 10.1 Å². The lowest BCUT2D eigenvalue weighted by Crippen LogP contribution is -2.50. The number of aromatic amines is 1. The lowest BCUT2D eigenvalue weighted by atomic mass is 10.0. The van der Waals surface area contributed by atoms with Crippen molar-refractivity contribution in [2.75, 3.05) is 20.2 Å². The van der Waals surface area contributed by atoms with Gasteiger partial charge in [-0.25, -0.2) is 9.37 Å². The van der Waals surface area contributed by atoms with Crippen LogP contribution in [0, 0.1) is 11.7 Å². The van der Waals surface area contributed by atoms with Crippen molar-refractivity contribution in [1.82, 2.24) is 29.8 Å². The van der Waals surface area contributed by atoms with E-state index in [2.05, 4.69) is 25.4 Å². The van der Waals surface area contributed by atoms with Gasteiger partial charge in [0.15, 0.2) is 0 Å². The van der Waals surface area contributed by atoms with Crippen LogP contribution in [0.2, 0.25) is 0 Å². The summed E-state index contributed by atoms with van der Waals surface area (Å²) in [5, 5.41) is 11.8. The van der Waals surface area contributed by atoms with E-state index in [-0.39, 0.29) is 17.3 Å². The molecule has 2 atom stereocenters. The van der Waals surface area contributed by atoms with Gasteiger partial charge in [-0.1, -0.05) is 6.07 Å².